The second kappa shape index (κ2) is 8.50. The normalized spacial score (nSPS) is 16.9. The smallest absolute Gasteiger partial charge is 0.338 e. The van der Waals surface area contributed by atoms with E-state index in [0.29, 0.717) is 6.54 Å². The molecule has 25 heavy (non-hydrogen) atoms. The molecular weight excluding hydrogens is 342 g/mol. The average molecular weight is 362 g/mol. The van der Waals surface area contributed by atoms with Crippen LogP contribution in [0.5, 0.6) is 0 Å². The number of rotatable bonds is 5. The predicted molar refractivity (Wildman–Crippen MR) is 97.2 cm³/mol. The number of para-hydroxylation sites is 1. The number of benzene rings is 2. The molecule has 0 aliphatic carbocycles. The monoisotopic (exact) mass is 361 g/mol. The summed E-state index contributed by atoms with van der Waals surface area (Å²) >= 11 is 0. The Morgan fingerprint density at radius 2 is 1.68 bits per heavy atom. The van der Waals surface area contributed by atoms with Crippen LogP contribution in [-0.2, 0) is 9.53 Å². The zero-order valence-corrected chi connectivity index (χ0v) is 14.6. The summed E-state index contributed by atoms with van der Waals surface area (Å²) in [5, 5.41) is 1.77. The van der Waals surface area contributed by atoms with Crippen LogP contribution in [0.25, 0.3) is 0 Å². The van der Waals surface area contributed by atoms with Crippen LogP contribution in [0.4, 0.5) is 10.5 Å². The third-order valence-corrected chi connectivity index (χ3v) is 3.91. The third kappa shape index (κ3) is 4.10. The summed E-state index contributed by atoms with van der Waals surface area (Å²) in [5.41, 5.74) is 4.60. The predicted octanol–water partition coefficient (Wildman–Crippen LogP) is 3.12. The second-order valence-electron chi connectivity index (χ2n) is 5.43. The quantitative estimate of drug-likeness (QED) is 0.831. The number of hydrazine groups is 1. The van der Waals surface area contributed by atoms with Crippen molar-refractivity contribution < 1.29 is 14.3 Å². The molecule has 2 aromatic carbocycles. The van der Waals surface area contributed by atoms with Crippen molar-refractivity contribution in [3.05, 3.63) is 66.2 Å². The van der Waals surface area contributed by atoms with Gasteiger partial charge in [-0.05, 0) is 17.7 Å². The van der Waals surface area contributed by atoms with E-state index in [4.69, 9.17) is 4.74 Å². The molecule has 6 nitrogen and oxygen atoms in total. The summed E-state index contributed by atoms with van der Waals surface area (Å²) in [6.45, 7) is 0.362. The van der Waals surface area contributed by atoms with Gasteiger partial charge in [0.1, 0.15) is 6.17 Å². The Morgan fingerprint density at radius 3 is 2.28 bits per heavy atom. The minimum absolute atomic E-state index is 0. The van der Waals surface area contributed by atoms with Crippen molar-refractivity contribution in [1.29, 1.82) is 0 Å². The molecule has 0 bridgehead atoms. The maximum Gasteiger partial charge on any atom is 0.338 e. The standard InChI is InChI=1S/C18H19N3O3.ClH/c1-24-16(22)12-13-20-17(14-8-4-2-5-9-14)21(18(23)19-20)15-10-6-3-7-11-15;/h2-11,17H,12-13H2,1H3,(H,19,23);1H. The number of urea groups is 1. The second-order valence-corrected chi connectivity index (χ2v) is 5.43. The summed E-state index contributed by atoms with van der Waals surface area (Å²) in [4.78, 5) is 25.7. The van der Waals surface area contributed by atoms with Gasteiger partial charge in [-0.3, -0.25) is 15.1 Å². The molecule has 0 saturated carbocycles. The maximum atomic E-state index is 12.5. The zero-order valence-electron chi connectivity index (χ0n) is 13.8. The molecular formula is C18H20ClN3O3. The Hall–Kier alpha value is -2.57. The Kier molecular flexibility index (Phi) is 6.38. The summed E-state index contributed by atoms with van der Waals surface area (Å²) in [5.74, 6) is -0.311. The molecule has 3 rings (SSSR count). The van der Waals surface area contributed by atoms with Crippen molar-refractivity contribution in [3.63, 3.8) is 0 Å². The Balaban J connectivity index is 0.00000225. The highest BCUT2D eigenvalue weighted by atomic mass is 35.5. The van der Waals surface area contributed by atoms with Crippen molar-refractivity contribution >= 4 is 30.1 Å². The minimum atomic E-state index is -0.328. The van der Waals surface area contributed by atoms with Crippen molar-refractivity contribution in [2.45, 2.75) is 12.6 Å². The Morgan fingerprint density at radius 1 is 1.08 bits per heavy atom. The van der Waals surface area contributed by atoms with Crippen LogP contribution in [0.2, 0.25) is 0 Å². The van der Waals surface area contributed by atoms with Gasteiger partial charge in [0.2, 0.25) is 0 Å². The van der Waals surface area contributed by atoms with Gasteiger partial charge < -0.3 is 4.74 Å². The summed E-state index contributed by atoms with van der Waals surface area (Å²) in [6.07, 6.45) is -0.131. The molecule has 1 saturated heterocycles. The molecule has 1 aliphatic heterocycles. The van der Waals surface area contributed by atoms with E-state index in [2.05, 4.69) is 5.43 Å². The molecule has 0 aromatic heterocycles. The van der Waals surface area contributed by atoms with E-state index < -0.39 is 0 Å². The van der Waals surface area contributed by atoms with Crippen LogP contribution in [0.15, 0.2) is 60.7 Å². The van der Waals surface area contributed by atoms with E-state index in [1.165, 1.54) is 7.11 Å². The number of ether oxygens (including phenoxy) is 1. The van der Waals surface area contributed by atoms with Crippen LogP contribution < -0.4 is 10.3 Å². The summed E-state index contributed by atoms with van der Waals surface area (Å²) in [7, 11) is 1.36. The highest BCUT2D eigenvalue weighted by Gasteiger charge is 2.39. The number of amides is 2. The van der Waals surface area contributed by atoms with Crippen LogP contribution in [-0.4, -0.2) is 30.7 Å². The number of halogens is 1. The number of hydrogen-bond acceptors (Lipinski definition) is 4. The molecule has 2 amide bonds. The Bertz CT molecular complexity index is 712. The van der Waals surface area contributed by atoms with E-state index >= 15 is 0 Å². The van der Waals surface area contributed by atoms with E-state index in [1.54, 1.807) is 9.91 Å². The number of carbonyl (C=O) groups excluding carboxylic acids is 2. The highest BCUT2D eigenvalue weighted by Crippen LogP contribution is 2.33. The molecule has 1 unspecified atom stereocenters. The van der Waals surface area contributed by atoms with Gasteiger partial charge in [0.05, 0.1) is 13.5 Å². The first-order valence-corrected chi connectivity index (χ1v) is 7.74. The topological polar surface area (TPSA) is 61.9 Å². The highest BCUT2D eigenvalue weighted by molar-refractivity contribution is 5.94. The molecule has 1 atom stereocenters. The largest absolute Gasteiger partial charge is 0.469 e. The van der Waals surface area contributed by atoms with Crippen LogP contribution in [0.3, 0.4) is 0 Å². The number of carbonyl (C=O) groups is 2. The first kappa shape index (κ1) is 18.8. The number of nitrogens with one attached hydrogen (secondary N) is 1. The average Bonchev–Trinajstić information content (AvgIpc) is 2.97. The zero-order chi connectivity index (χ0) is 16.9. The lowest BCUT2D eigenvalue weighted by Gasteiger charge is -2.28. The third-order valence-electron chi connectivity index (χ3n) is 3.91. The van der Waals surface area contributed by atoms with Gasteiger partial charge in [-0.15, -0.1) is 12.4 Å². The molecule has 7 heteroatoms. The first-order chi connectivity index (χ1) is 11.7. The molecule has 2 aromatic rings. The lowest BCUT2D eigenvalue weighted by atomic mass is 10.1. The molecule has 1 N–H and O–H groups in total. The van der Waals surface area contributed by atoms with Gasteiger partial charge in [-0.2, -0.15) is 5.01 Å². The summed E-state index contributed by atoms with van der Waals surface area (Å²) in [6, 6.07) is 19.0. The fourth-order valence-corrected chi connectivity index (χ4v) is 2.78. The van der Waals surface area contributed by atoms with Gasteiger partial charge in [0.15, 0.2) is 0 Å². The fraction of sp³-hybridized carbons (Fsp3) is 0.222. The first-order valence-electron chi connectivity index (χ1n) is 7.74. The SMILES string of the molecule is COC(=O)CCN1NC(=O)N(c2ccccc2)C1c1ccccc1.Cl. The van der Waals surface area contributed by atoms with Gasteiger partial charge in [0, 0.05) is 12.2 Å². The van der Waals surface area contributed by atoms with Crippen molar-refractivity contribution in [3.8, 4) is 0 Å². The molecule has 0 radical (unpaired) electrons. The van der Waals surface area contributed by atoms with E-state index in [-0.39, 0.29) is 37.0 Å². The van der Waals surface area contributed by atoms with Gasteiger partial charge >= 0.3 is 12.0 Å². The number of esters is 1. The van der Waals surface area contributed by atoms with Crippen LogP contribution >= 0.6 is 12.4 Å². The van der Waals surface area contributed by atoms with Gasteiger partial charge in [0.25, 0.3) is 0 Å². The van der Waals surface area contributed by atoms with Crippen LogP contribution in [0.1, 0.15) is 18.2 Å². The minimum Gasteiger partial charge on any atom is -0.469 e. The lowest BCUT2D eigenvalue weighted by Crippen LogP contribution is -2.36. The summed E-state index contributed by atoms with van der Waals surface area (Å²) < 4.78 is 4.70. The molecule has 1 fully saturated rings. The van der Waals surface area contributed by atoms with Crippen molar-refractivity contribution in [2.75, 3.05) is 18.6 Å². The Labute approximate surface area is 152 Å². The van der Waals surface area contributed by atoms with E-state index in [0.717, 1.165) is 11.3 Å². The lowest BCUT2D eigenvalue weighted by molar-refractivity contribution is -0.141. The molecule has 132 valence electrons. The van der Waals surface area contributed by atoms with E-state index in [1.807, 2.05) is 60.7 Å². The molecule has 1 heterocycles. The van der Waals surface area contributed by atoms with Crippen LogP contribution in [0, 0.1) is 0 Å². The number of anilines is 1. The molecule has 0 spiro atoms. The van der Waals surface area contributed by atoms with Crippen molar-refractivity contribution in [2.24, 2.45) is 0 Å². The van der Waals surface area contributed by atoms with E-state index in [9.17, 15) is 9.59 Å². The van der Waals surface area contributed by atoms with Crippen molar-refractivity contribution in [1.82, 2.24) is 10.4 Å². The van der Waals surface area contributed by atoms with Gasteiger partial charge in [-0.25, -0.2) is 4.79 Å². The maximum absolute atomic E-state index is 12.5. The van der Waals surface area contributed by atoms with Gasteiger partial charge in [-0.1, -0.05) is 48.5 Å². The number of methoxy groups -OCH3 is 1. The molecule has 1 aliphatic rings. The fourth-order valence-electron chi connectivity index (χ4n) is 2.78. The number of hydrogen-bond donors (Lipinski definition) is 1. The number of nitrogens with zero attached hydrogens (tertiary/aromatic N) is 2.